The van der Waals surface area contributed by atoms with E-state index < -0.39 is 18.1 Å². The van der Waals surface area contributed by atoms with Crippen molar-refractivity contribution in [3.05, 3.63) is 77.5 Å². The third kappa shape index (κ3) is 4.17. The van der Waals surface area contributed by atoms with Crippen molar-refractivity contribution in [1.29, 1.82) is 0 Å². The molecular formula is C24H26N4O3. The number of benzene rings is 2. The molecule has 0 saturated carbocycles. The normalized spacial score (nSPS) is 20.3. The van der Waals surface area contributed by atoms with Crippen molar-refractivity contribution in [2.75, 3.05) is 18.5 Å². The predicted molar refractivity (Wildman–Crippen MR) is 118 cm³/mol. The summed E-state index contributed by atoms with van der Waals surface area (Å²) in [5, 5.41) is 5.76. The number of carbonyl (C=O) groups is 3. The van der Waals surface area contributed by atoms with Crippen LogP contribution in [-0.4, -0.2) is 48.4 Å². The van der Waals surface area contributed by atoms with Gasteiger partial charge in [-0.3, -0.25) is 9.59 Å². The summed E-state index contributed by atoms with van der Waals surface area (Å²) < 4.78 is 0. The SMILES string of the molecule is Cc1ccc(N2C(=O)NC3C(C(=O)NCCCc4ccccc4)=CN(C)C3C2=O)cc1. The number of imide groups is 1. The molecule has 1 fully saturated rings. The van der Waals surface area contributed by atoms with E-state index in [9.17, 15) is 14.4 Å². The van der Waals surface area contributed by atoms with Gasteiger partial charge in [-0.1, -0.05) is 48.0 Å². The summed E-state index contributed by atoms with van der Waals surface area (Å²) >= 11 is 0. The molecule has 2 aromatic carbocycles. The average Bonchev–Trinajstić information content (AvgIpc) is 3.09. The van der Waals surface area contributed by atoms with Crippen molar-refractivity contribution >= 4 is 23.5 Å². The molecule has 2 N–H and O–H groups in total. The van der Waals surface area contributed by atoms with Gasteiger partial charge in [0.05, 0.1) is 17.3 Å². The molecule has 2 aromatic rings. The summed E-state index contributed by atoms with van der Waals surface area (Å²) in [6.07, 6.45) is 3.32. The van der Waals surface area contributed by atoms with Gasteiger partial charge in [-0.05, 0) is 37.5 Å². The highest BCUT2D eigenvalue weighted by Crippen LogP contribution is 2.29. The minimum atomic E-state index is -0.666. The smallest absolute Gasteiger partial charge is 0.329 e. The first-order valence-corrected chi connectivity index (χ1v) is 10.4. The van der Waals surface area contributed by atoms with Crippen LogP contribution in [0.3, 0.4) is 0 Å². The van der Waals surface area contributed by atoms with Crippen molar-refractivity contribution in [3.63, 3.8) is 0 Å². The first-order chi connectivity index (χ1) is 15.0. The van der Waals surface area contributed by atoms with E-state index in [0.717, 1.165) is 23.3 Å². The number of nitrogens with zero attached hydrogens (tertiary/aromatic N) is 2. The topological polar surface area (TPSA) is 81.8 Å². The van der Waals surface area contributed by atoms with Crippen LogP contribution >= 0.6 is 0 Å². The maximum Gasteiger partial charge on any atom is 0.329 e. The molecule has 2 aliphatic rings. The number of urea groups is 1. The fourth-order valence-corrected chi connectivity index (χ4v) is 4.07. The fraction of sp³-hybridized carbons (Fsp3) is 0.292. The molecule has 0 radical (unpaired) electrons. The van der Waals surface area contributed by atoms with Crippen LogP contribution < -0.4 is 15.5 Å². The van der Waals surface area contributed by atoms with Crippen LogP contribution in [0.15, 0.2) is 66.4 Å². The summed E-state index contributed by atoms with van der Waals surface area (Å²) in [5.74, 6) is -0.604. The largest absolute Gasteiger partial charge is 0.366 e. The fourth-order valence-electron chi connectivity index (χ4n) is 4.07. The molecule has 0 aromatic heterocycles. The van der Waals surface area contributed by atoms with E-state index in [1.54, 1.807) is 30.3 Å². The predicted octanol–water partition coefficient (Wildman–Crippen LogP) is 2.37. The highest BCUT2D eigenvalue weighted by atomic mass is 16.2. The summed E-state index contributed by atoms with van der Waals surface area (Å²) in [6, 6.07) is 15.5. The molecule has 31 heavy (non-hydrogen) atoms. The summed E-state index contributed by atoms with van der Waals surface area (Å²) in [4.78, 5) is 41.5. The minimum Gasteiger partial charge on any atom is -0.366 e. The third-order valence-electron chi connectivity index (χ3n) is 5.71. The Morgan fingerprint density at radius 1 is 1.06 bits per heavy atom. The molecule has 2 aliphatic heterocycles. The Kier molecular flexibility index (Phi) is 5.75. The van der Waals surface area contributed by atoms with Crippen molar-refractivity contribution in [1.82, 2.24) is 15.5 Å². The van der Waals surface area contributed by atoms with Crippen molar-refractivity contribution < 1.29 is 14.4 Å². The first-order valence-electron chi connectivity index (χ1n) is 10.4. The lowest BCUT2D eigenvalue weighted by Gasteiger charge is -2.37. The van der Waals surface area contributed by atoms with Gasteiger partial charge in [0, 0.05) is 19.8 Å². The Morgan fingerprint density at radius 2 is 1.77 bits per heavy atom. The van der Waals surface area contributed by atoms with Crippen LogP contribution in [0, 0.1) is 6.92 Å². The molecule has 0 bridgehead atoms. The zero-order valence-corrected chi connectivity index (χ0v) is 17.7. The van der Waals surface area contributed by atoms with E-state index in [1.165, 1.54) is 5.56 Å². The number of likely N-dealkylation sites (N-methyl/N-ethyl adjacent to an activating group) is 1. The zero-order chi connectivity index (χ0) is 22.0. The number of nitrogens with one attached hydrogen (secondary N) is 2. The molecule has 0 aliphatic carbocycles. The maximum atomic E-state index is 13.2. The van der Waals surface area contributed by atoms with Crippen LogP contribution in [0.5, 0.6) is 0 Å². The lowest BCUT2D eigenvalue weighted by atomic mass is 9.99. The molecule has 1 saturated heterocycles. The first kappa shape index (κ1) is 20.7. The van der Waals surface area contributed by atoms with Crippen LogP contribution in [0.1, 0.15) is 17.5 Å². The third-order valence-corrected chi connectivity index (χ3v) is 5.71. The van der Waals surface area contributed by atoms with Gasteiger partial charge < -0.3 is 15.5 Å². The van der Waals surface area contributed by atoms with E-state index in [1.807, 2.05) is 37.3 Å². The highest BCUT2D eigenvalue weighted by molar-refractivity contribution is 6.19. The van der Waals surface area contributed by atoms with Gasteiger partial charge in [0.1, 0.15) is 6.04 Å². The molecule has 4 amide bonds. The molecule has 2 unspecified atom stereocenters. The highest BCUT2D eigenvalue weighted by Gasteiger charge is 2.49. The number of anilines is 1. The van der Waals surface area contributed by atoms with Gasteiger partial charge in [0.15, 0.2) is 0 Å². The average molecular weight is 418 g/mol. The van der Waals surface area contributed by atoms with Crippen molar-refractivity contribution in [2.45, 2.75) is 31.8 Å². The maximum absolute atomic E-state index is 13.2. The van der Waals surface area contributed by atoms with Crippen LogP contribution in [0.2, 0.25) is 0 Å². The van der Waals surface area contributed by atoms with Crippen LogP contribution in [0.25, 0.3) is 0 Å². The second-order valence-corrected chi connectivity index (χ2v) is 7.98. The molecule has 4 rings (SSSR count). The molecule has 160 valence electrons. The number of fused-ring (bicyclic) bond motifs is 1. The summed E-state index contributed by atoms with van der Waals surface area (Å²) in [6.45, 7) is 2.46. The Bertz CT molecular complexity index is 1020. The molecular weight excluding hydrogens is 392 g/mol. The lowest BCUT2D eigenvalue weighted by Crippen LogP contribution is -2.65. The Balaban J connectivity index is 1.40. The van der Waals surface area contributed by atoms with Crippen LogP contribution in [0.4, 0.5) is 10.5 Å². The number of aryl methyl sites for hydroxylation is 2. The van der Waals surface area contributed by atoms with Crippen molar-refractivity contribution in [3.8, 4) is 0 Å². The molecule has 2 atom stereocenters. The summed E-state index contributed by atoms with van der Waals surface area (Å²) in [5.41, 5.74) is 3.17. The Labute approximate surface area is 181 Å². The van der Waals surface area contributed by atoms with Gasteiger partial charge in [-0.25, -0.2) is 9.69 Å². The summed E-state index contributed by atoms with van der Waals surface area (Å²) in [7, 11) is 1.75. The Hall–Kier alpha value is -3.61. The Morgan fingerprint density at radius 3 is 2.48 bits per heavy atom. The van der Waals surface area contributed by atoms with Gasteiger partial charge >= 0.3 is 6.03 Å². The van der Waals surface area contributed by atoms with E-state index in [-0.39, 0.29) is 11.8 Å². The van der Waals surface area contributed by atoms with E-state index in [2.05, 4.69) is 22.8 Å². The number of hydrogen-bond acceptors (Lipinski definition) is 4. The number of rotatable bonds is 6. The monoisotopic (exact) mass is 418 g/mol. The number of carbonyl (C=O) groups excluding carboxylic acids is 3. The molecule has 2 heterocycles. The molecule has 7 nitrogen and oxygen atoms in total. The van der Waals surface area contributed by atoms with Gasteiger partial charge in [-0.15, -0.1) is 0 Å². The zero-order valence-electron chi connectivity index (χ0n) is 17.7. The van der Waals surface area contributed by atoms with E-state index in [0.29, 0.717) is 17.8 Å². The second-order valence-electron chi connectivity index (χ2n) is 7.98. The van der Waals surface area contributed by atoms with Gasteiger partial charge in [0.2, 0.25) is 0 Å². The number of hydrogen-bond donors (Lipinski definition) is 2. The standard InChI is InChI=1S/C24H26N4O3/c1-16-10-12-18(13-11-16)28-23(30)21-20(26-24(28)31)19(15-27(21)2)22(29)25-14-6-9-17-7-4-3-5-8-17/h3-5,7-8,10-13,15,20-21H,6,9,14H2,1-2H3,(H,25,29)(H,26,31). The second kappa shape index (κ2) is 8.63. The molecule has 7 heteroatoms. The minimum absolute atomic E-state index is 0.260. The van der Waals surface area contributed by atoms with E-state index in [4.69, 9.17) is 0 Å². The quantitative estimate of drug-likeness (QED) is 0.706. The van der Waals surface area contributed by atoms with Gasteiger partial charge in [0.25, 0.3) is 11.8 Å². The van der Waals surface area contributed by atoms with E-state index >= 15 is 0 Å². The van der Waals surface area contributed by atoms with Gasteiger partial charge in [-0.2, -0.15) is 0 Å². The van der Waals surface area contributed by atoms with Crippen LogP contribution in [-0.2, 0) is 16.0 Å². The lowest BCUT2D eigenvalue weighted by molar-refractivity contribution is -0.122. The molecule has 0 spiro atoms. The van der Waals surface area contributed by atoms with Crippen molar-refractivity contribution in [2.24, 2.45) is 0 Å². The number of amides is 4.